The van der Waals surface area contributed by atoms with Crippen molar-refractivity contribution in [3.05, 3.63) is 24.0 Å². The number of esters is 1. The zero-order valence-corrected chi connectivity index (χ0v) is 6.37. The van der Waals surface area contributed by atoms with E-state index in [-0.39, 0.29) is 5.57 Å². The van der Waals surface area contributed by atoms with Crippen molar-refractivity contribution in [2.24, 2.45) is 0 Å². The highest BCUT2D eigenvalue weighted by molar-refractivity contribution is 5.89. The molecule has 0 saturated heterocycles. The second-order valence-electron chi connectivity index (χ2n) is 1.78. The fourth-order valence-corrected chi connectivity index (χ4v) is 0.398. The van der Waals surface area contributed by atoms with Gasteiger partial charge in [0.25, 0.3) is 0 Å². The molecule has 4 heteroatoms. The molecule has 0 amide bonds. The highest BCUT2D eigenvalue weighted by atomic mass is 16.5. The maximum atomic E-state index is 10.8. The predicted octanol–water partition coefficient (Wildman–Crippen LogP) is 0.209. The lowest BCUT2D eigenvalue weighted by Gasteiger charge is -1.93. The molecule has 0 bridgehead atoms. The summed E-state index contributed by atoms with van der Waals surface area (Å²) in [5.41, 5.74) is 0.199. The Morgan fingerprint density at radius 2 is 2.00 bits per heavy atom. The summed E-state index contributed by atoms with van der Waals surface area (Å²) in [6, 6.07) is 0. The molecule has 0 rings (SSSR count). The monoisotopic (exact) mass is 166 g/mol. The van der Waals surface area contributed by atoms with Crippen molar-refractivity contribution in [2.45, 2.75) is 6.92 Å². The van der Waals surface area contributed by atoms with Gasteiger partial charge >= 0.3 is 5.97 Å². The normalized spacial score (nSPS) is 9.25. The SMILES string of the molecule is CC(=CC=C=O)C(=O)OC=C=O. The Bertz CT molecular complexity index is 288. The second-order valence-corrected chi connectivity index (χ2v) is 1.78. The molecule has 0 aromatic rings. The van der Waals surface area contributed by atoms with Crippen molar-refractivity contribution in [3.63, 3.8) is 0 Å². The minimum atomic E-state index is -0.704. The molecular formula is C8H6O4. The molecule has 12 heavy (non-hydrogen) atoms. The van der Waals surface area contributed by atoms with E-state index in [0.717, 1.165) is 6.08 Å². The van der Waals surface area contributed by atoms with Crippen molar-refractivity contribution in [3.8, 4) is 0 Å². The van der Waals surface area contributed by atoms with Gasteiger partial charge in [-0.05, 0) is 13.0 Å². The maximum absolute atomic E-state index is 10.8. The number of hydrogen-bond donors (Lipinski definition) is 0. The van der Waals surface area contributed by atoms with Crippen molar-refractivity contribution in [2.75, 3.05) is 0 Å². The molecule has 0 aliphatic heterocycles. The van der Waals surface area contributed by atoms with Gasteiger partial charge in [-0.15, -0.1) is 0 Å². The van der Waals surface area contributed by atoms with Crippen LogP contribution in [0.2, 0.25) is 0 Å². The minimum absolute atomic E-state index is 0.199. The Balaban J connectivity index is 4.27. The Hall–Kier alpha value is -1.89. The van der Waals surface area contributed by atoms with E-state index in [1.54, 1.807) is 0 Å². The number of ether oxygens (including phenoxy) is 1. The third-order valence-electron chi connectivity index (χ3n) is 0.937. The Kier molecular flexibility index (Phi) is 4.94. The zero-order valence-electron chi connectivity index (χ0n) is 6.37. The summed E-state index contributed by atoms with van der Waals surface area (Å²) in [7, 11) is 0. The lowest BCUT2D eigenvalue weighted by Crippen LogP contribution is -2.00. The van der Waals surface area contributed by atoms with Crippen LogP contribution in [-0.2, 0) is 19.1 Å². The third-order valence-corrected chi connectivity index (χ3v) is 0.937. The van der Waals surface area contributed by atoms with Crippen LogP contribution in [0.5, 0.6) is 0 Å². The number of allylic oxidation sites excluding steroid dienone is 2. The van der Waals surface area contributed by atoms with Crippen LogP contribution in [0.25, 0.3) is 0 Å². The summed E-state index contributed by atoms with van der Waals surface area (Å²) in [5.74, 6) is 2.04. The molecule has 0 aliphatic rings. The van der Waals surface area contributed by atoms with Gasteiger partial charge < -0.3 is 4.74 Å². The van der Waals surface area contributed by atoms with Crippen molar-refractivity contribution in [1.82, 2.24) is 0 Å². The Morgan fingerprint density at radius 1 is 1.33 bits per heavy atom. The molecule has 0 unspecified atom stereocenters. The number of rotatable bonds is 3. The van der Waals surface area contributed by atoms with Crippen molar-refractivity contribution in [1.29, 1.82) is 0 Å². The molecule has 0 aromatic heterocycles. The van der Waals surface area contributed by atoms with Crippen LogP contribution in [0.4, 0.5) is 0 Å². The number of hydrogen-bond acceptors (Lipinski definition) is 4. The molecule has 0 heterocycles. The molecule has 0 atom stereocenters. The van der Waals surface area contributed by atoms with Crippen LogP contribution >= 0.6 is 0 Å². The summed E-state index contributed by atoms with van der Waals surface area (Å²) in [5, 5.41) is 0. The molecule has 62 valence electrons. The highest BCUT2D eigenvalue weighted by Crippen LogP contribution is 1.95. The van der Waals surface area contributed by atoms with Gasteiger partial charge in [-0.1, -0.05) is 0 Å². The van der Waals surface area contributed by atoms with E-state index in [2.05, 4.69) is 4.74 Å². The van der Waals surface area contributed by atoms with E-state index in [1.807, 2.05) is 0 Å². The largest absolute Gasteiger partial charge is 0.419 e. The third kappa shape index (κ3) is 4.01. The van der Waals surface area contributed by atoms with Gasteiger partial charge in [0.05, 0.1) is 0 Å². The second kappa shape index (κ2) is 5.86. The van der Waals surface area contributed by atoms with Crippen LogP contribution in [0.15, 0.2) is 24.0 Å². The average molecular weight is 166 g/mol. The van der Waals surface area contributed by atoms with Crippen LogP contribution in [-0.4, -0.2) is 17.9 Å². The summed E-state index contributed by atoms with van der Waals surface area (Å²) >= 11 is 0. The smallest absolute Gasteiger partial charge is 0.339 e. The van der Waals surface area contributed by atoms with Crippen LogP contribution in [0.1, 0.15) is 6.92 Å². The van der Waals surface area contributed by atoms with E-state index in [0.29, 0.717) is 6.26 Å². The fourth-order valence-electron chi connectivity index (χ4n) is 0.398. The minimum Gasteiger partial charge on any atom is -0.419 e. The van der Waals surface area contributed by atoms with Gasteiger partial charge in [-0.25, -0.2) is 14.4 Å². The topological polar surface area (TPSA) is 60.4 Å². The highest BCUT2D eigenvalue weighted by Gasteiger charge is 2.01. The molecule has 0 saturated carbocycles. The first-order valence-corrected chi connectivity index (χ1v) is 3.00. The average Bonchev–Trinajstić information content (AvgIpc) is 2.10. The van der Waals surface area contributed by atoms with Gasteiger partial charge in [-0.3, -0.25) is 0 Å². The van der Waals surface area contributed by atoms with Crippen LogP contribution in [0.3, 0.4) is 0 Å². The molecule has 0 fully saturated rings. The van der Waals surface area contributed by atoms with E-state index >= 15 is 0 Å². The van der Waals surface area contributed by atoms with Gasteiger partial charge in [0.15, 0.2) is 12.2 Å². The summed E-state index contributed by atoms with van der Waals surface area (Å²) < 4.78 is 4.24. The maximum Gasteiger partial charge on any atom is 0.339 e. The predicted molar refractivity (Wildman–Crippen MR) is 40.4 cm³/mol. The lowest BCUT2D eigenvalue weighted by molar-refractivity contribution is -0.133. The van der Waals surface area contributed by atoms with Crippen LogP contribution < -0.4 is 0 Å². The molecule has 0 aliphatic carbocycles. The molecule has 0 spiro atoms. The van der Waals surface area contributed by atoms with Crippen molar-refractivity contribution < 1.29 is 19.1 Å². The van der Waals surface area contributed by atoms with E-state index in [9.17, 15) is 14.4 Å². The Labute approximate surface area is 68.8 Å². The molecule has 0 N–H and O–H groups in total. The van der Waals surface area contributed by atoms with Crippen molar-refractivity contribution >= 4 is 17.9 Å². The van der Waals surface area contributed by atoms with Crippen LogP contribution in [0, 0.1) is 0 Å². The standard InChI is InChI=1S/C8H6O4/c1-7(3-2-4-9)8(11)12-6-5-10/h2-3,6H,1H3. The molecule has 0 aromatic carbocycles. The summed E-state index contributed by atoms with van der Waals surface area (Å²) in [6.07, 6.45) is 2.86. The lowest BCUT2D eigenvalue weighted by atomic mass is 10.3. The first kappa shape index (κ1) is 10.1. The van der Waals surface area contributed by atoms with E-state index in [1.165, 1.54) is 24.9 Å². The Morgan fingerprint density at radius 3 is 2.50 bits per heavy atom. The number of carbonyl (C=O) groups excluding carboxylic acids is 3. The number of carbonyl (C=O) groups is 1. The van der Waals surface area contributed by atoms with E-state index in [4.69, 9.17) is 0 Å². The van der Waals surface area contributed by atoms with Gasteiger partial charge in [-0.2, -0.15) is 0 Å². The quantitative estimate of drug-likeness (QED) is 0.198. The zero-order chi connectivity index (χ0) is 9.40. The first-order chi connectivity index (χ1) is 5.72. The molecular weight excluding hydrogens is 160 g/mol. The summed E-state index contributed by atoms with van der Waals surface area (Å²) in [6.45, 7) is 1.44. The van der Waals surface area contributed by atoms with Gasteiger partial charge in [0, 0.05) is 11.6 Å². The van der Waals surface area contributed by atoms with E-state index < -0.39 is 5.97 Å². The first-order valence-electron chi connectivity index (χ1n) is 3.00. The molecule has 0 radical (unpaired) electrons. The fraction of sp³-hybridized carbons (Fsp3) is 0.125. The van der Waals surface area contributed by atoms with Gasteiger partial charge in [0.2, 0.25) is 0 Å². The van der Waals surface area contributed by atoms with Gasteiger partial charge in [0.1, 0.15) is 5.94 Å². The molecule has 4 nitrogen and oxygen atoms in total. The summed E-state index contributed by atoms with van der Waals surface area (Å²) in [4.78, 5) is 30.1.